The van der Waals surface area contributed by atoms with Crippen molar-refractivity contribution in [2.75, 3.05) is 6.61 Å². The van der Waals surface area contributed by atoms with Gasteiger partial charge in [-0.3, -0.25) is 0 Å². The van der Waals surface area contributed by atoms with Gasteiger partial charge in [0, 0.05) is 7.05 Å². The fraction of sp³-hybridized carbons (Fsp3) is 0.238. The Kier molecular flexibility index (Phi) is 5.23. The Hall–Kier alpha value is -4.09. The van der Waals surface area contributed by atoms with Crippen molar-refractivity contribution in [2.45, 2.75) is 20.0 Å². The van der Waals surface area contributed by atoms with Crippen molar-refractivity contribution in [3.63, 3.8) is 0 Å². The highest BCUT2D eigenvalue weighted by atomic mass is 19.4. The molecule has 0 saturated heterocycles. The molecular weight excluding hydrogens is 443 g/mol. The summed E-state index contributed by atoms with van der Waals surface area (Å²) >= 11 is 0. The summed E-state index contributed by atoms with van der Waals surface area (Å²) in [6.07, 6.45) is -4.75. The standard InChI is InChI=1S/C21H18F3N5O4/c1-4-33-18-17-15(19(30)31)9-12(21(22,23)24)10-16(17)26-29(18)14-7-5-13(6-8-14)28-11(2)25-27(3)20(28)32/h5-10H,4H2,1-3H3,(H,30,31). The second kappa shape index (κ2) is 7.80. The third kappa shape index (κ3) is 3.73. The van der Waals surface area contributed by atoms with Crippen LogP contribution in [0, 0.1) is 6.92 Å². The molecule has 0 spiro atoms. The number of hydrogen-bond donors (Lipinski definition) is 1. The Bertz CT molecular complexity index is 1430. The molecule has 33 heavy (non-hydrogen) atoms. The van der Waals surface area contributed by atoms with E-state index < -0.39 is 23.3 Å². The molecule has 0 aliphatic carbocycles. The number of halogens is 3. The summed E-state index contributed by atoms with van der Waals surface area (Å²) in [5.41, 5.74) is -1.28. The molecule has 4 rings (SSSR count). The van der Waals surface area contributed by atoms with E-state index in [-0.39, 0.29) is 29.1 Å². The molecule has 0 radical (unpaired) electrons. The molecule has 12 heteroatoms. The van der Waals surface area contributed by atoms with E-state index in [1.54, 1.807) is 38.1 Å². The maximum absolute atomic E-state index is 13.3. The normalized spacial score (nSPS) is 11.8. The fourth-order valence-corrected chi connectivity index (χ4v) is 3.59. The van der Waals surface area contributed by atoms with Crippen molar-refractivity contribution < 1.29 is 27.8 Å². The van der Waals surface area contributed by atoms with Crippen LogP contribution < -0.4 is 10.4 Å². The van der Waals surface area contributed by atoms with E-state index in [2.05, 4.69) is 10.2 Å². The van der Waals surface area contributed by atoms with Crippen LogP contribution in [0.15, 0.2) is 41.2 Å². The zero-order valence-corrected chi connectivity index (χ0v) is 17.7. The Balaban J connectivity index is 1.92. The minimum atomic E-state index is -4.75. The number of alkyl halides is 3. The zero-order chi connectivity index (χ0) is 24.1. The van der Waals surface area contributed by atoms with Gasteiger partial charge in [-0.05, 0) is 50.2 Å². The van der Waals surface area contributed by atoms with Gasteiger partial charge in [0.2, 0.25) is 5.88 Å². The molecule has 2 heterocycles. The Morgan fingerprint density at radius 3 is 2.27 bits per heavy atom. The minimum Gasteiger partial charge on any atom is -0.478 e. The van der Waals surface area contributed by atoms with Crippen LogP contribution in [0.4, 0.5) is 13.2 Å². The van der Waals surface area contributed by atoms with Gasteiger partial charge in [0.25, 0.3) is 0 Å². The number of aromatic carboxylic acids is 1. The number of nitrogens with zero attached hydrogens (tertiary/aromatic N) is 5. The van der Waals surface area contributed by atoms with Crippen molar-refractivity contribution in [3.8, 4) is 17.3 Å². The van der Waals surface area contributed by atoms with Crippen molar-refractivity contribution in [3.05, 3.63) is 63.8 Å². The predicted molar refractivity (Wildman–Crippen MR) is 111 cm³/mol. The van der Waals surface area contributed by atoms with Crippen LogP contribution in [0.2, 0.25) is 0 Å². The molecule has 0 fully saturated rings. The lowest BCUT2D eigenvalue weighted by atomic mass is 10.1. The number of carboxylic acids is 1. The van der Waals surface area contributed by atoms with Crippen LogP contribution >= 0.6 is 0 Å². The van der Waals surface area contributed by atoms with Crippen LogP contribution in [0.25, 0.3) is 22.3 Å². The average molecular weight is 461 g/mol. The van der Waals surface area contributed by atoms with Gasteiger partial charge in [-0.2, -0.15) is 28.1 Å². The number of ether oxygens (including phenoxy) is 1. The molecular formula is C21H18F3N5O4. The monoisotopic (exact) mass is 461 g/mol. The first-order valence-corrected chi connectivity index (χ1v) is 9.76. The maximum atomic E-state index is 13.3. The van der Waals surface area contributed by atoms with Gasteiger partial charge in [0.05, 0.1) is 40.0 Å². The summed E-state index contributed by atoms with van der Waals surface area (Å²) in [5, 5.41) is 17.8. The zero-order valence-electron chi connectivity index (χ0n) is 17.7. The van der Waals surface area contributed by atoms with Crippen LogP contribution in [-0.4, -0.2) is 41.8 Å². The first kappa shape index (κ1) is 22.1. The summed E-state index contributed by atoms with van der Waals surface area (Å²) in [5.74, 6) is -1.06. The van der Waals surface area contributed by atoms with Crippen LogP contribution in [0.5, 0.6) is 5.88 Å². The molecule has 0 unspecified atom stereocenters. The van der Waals surface area contributed by atoms with Gasteiger partial charge >= 0.3 is 17.8 Å². The second-order valence-electron chi connectivity index (χ2n) is 7.18. The number of carbonyl (C=O) groups is 1. The Morgan fingerprint density at radius 1 is 1.12 bits per heavy atom. The van der Waals surface area contributed by atoms with Gasteiger partial charge in [0.1, 0.15) is 5.82 Å². The smallest absolute Gasteiger partial charge is 0.416 e. The van der Waals surface area contributed by atoms with Crippen molar-refractivity contribution in [1.82, 2.24) is 24.1 Å². The van der Waals surface area contributed by atoms with Crippen LogP contribution in [0.1, 0.15) is 28.7 Å². The topological polar surface area (TPSA) is 104 Å². The number of aromatic nitrogens is 5. The van der Waals surface area contributed by atoms with Gasteiger partial charge in [-0.1, -0.05) is 0 Å². The quantitative estimate of drug-likeness (QED) is 0.489. The van der Waals surface area contributed by atoms with Crippen molar-refractivity contribution >= 4 is 16.9 Å². The van der Waals surface area contributed by atoms with Crippen molar-refractivity contribution in [1.29, 1.82) is 0 Å². The SMILES string of the molecule is CCOc1c2c(C(=O)O)cc(C(F)(F)F)cc2nn1-c1ccc(-n2c(C)nn(C)c2=O)cc1. The van der Waals surface area contributed by atoms with E-state index in [9.17, 15) is 27.9 Å². The average Bonchev–Trinajstić information content (AvgIpc) is 3.23. The minimum absolute atomic E-state index is 0.00102. The summed E-state index contributed by atoms with van der Waals surface area (Å²) < 4.78 is 49.4. The maximum Gasteiger partial charge on any atom is 0.416 e. The molecule has 9 nitrogen and oxygen atoms in total. The van der Waals surface area contributed by atoms with E-state index >= 15 is 0 Å². The molecule has 0 bridgehead atoms. The first-order valence-electron chi connectivity index (χ1n) is 9.76. The molecule has 1 N–H and O–H groups in total. The number of aryl methyl sites for hydroxylation is 2. The summed E-state index contributed by atoms with van der Waals surface area (Å²) in [4.78, 5) is 24.1. The number of benzene rings is 2. The van der Waals surface area contributed by atoms with E-state index in [1.165, 1.54) is 21.0 Å². The first-order chi connectivity index (χ1) is 15.5. The molecule has 172 valence electrons. The Morgan fingerprint density at radius 2 is 1.76 bits per heavy atom. The third-order valence-corrected chi connectivity index (χ3v) is 5.01. The lowest BCUT2D eigenvalue weighted by Gasteiger charge is -2.11. The summed E-state index contributed by atoms with van der Waals surface area (Å²) in [6, 6.07) is 7.77. The summed E-state index contributed by atoms with van der Waals surface area (Å²) in [7, 11) is 1.53. The molecule has 2 aromatic heterocycles. The van der Waals surface area contributed by atoms with Gasteiger partial charge in [-0.25, -0.2) is 18.8 Å². The molecule has 2 aromatic carbocycles. The van der Waals surface area contributed by atoms with Gasteiger partial charge in [-0.15, -0.1) is 0 Å². The fourth-order valence-electron chi connectivity index (χ4n) is 3.59. The highest BCUT2D eigenvalue weighted by molar-refractivity contribution is 6.05. The predicted octanol–water partition coefficient (Wildman–Crippen LogP) is 3.33. The molecule has 0 aliphatic heterocycles. The van der Waals surface area contributed by atoms with E-state index in [4.69, 9.17) is 4.74 Å². The van der Waals surface area contributed by atoms with Crippen LogP contribution in [-0.2, 0) is 13.2 Å². The molecule has 4 aromatic rings. The number of hydrogen-bond acceptors (Lipinski definition) is 5. The lowest BCUT2D eigenvalue weighted by Crippen LogP contribution is -2.21. The van der Waals surface area contributed by atoms with Gasteiger partial charge < -0.3 is 9.84 Å². The van der Waals surface area contributed by atoms with Gasteiger partial charge in [0.15, 0.2) is 0 Å². The van der Waals surface area contributed by atoms with Crippen molar-refractivity contribution in [2.24, 2.45) is 7.05 Å². The number of rotatable bonds is 5. The van der Waals surface area contributed by atoms with E-state index in [1.807, 2.05) is 0 Å². The molecule has 0 atom stereocenters. The third-order valence-electron chi connectivity index (χ3n) is 5.01. The lowest BCUT2D eigenvalue weighted by molar-refractivity contribution is -0.137. The molecule has 0 saturated carbocycles. The molecule has 0 aliphatic rings. The van der Waals surface area contributed by atoms with E-state index in [0.717, 1.165) is 6.07 Å². The number of fused-ring (bicyclic) bond motifs is 1. The highest BCUT2D eigenvalue weighted by Crippen LogP contribution is 2.37. The Labute approximate surface area is 184 Å². The summed E-state index contributed by atoms with van der Waals surface area (Å²) in [6.45, 7) is 3.46. The van der Waals surface area contributed by atoms with Crippen LogP contribution in [0.3, 0.4) is 0 Å². The molecule has 0 amide bonds. The largest absolute Gasteiger partial charge is 0.478 e. The second-order valence-corrected chi connectivity index (χ2v) is 7.18. The highest BCUT2D eigenvalue weighted by Gasteiger charge is 2.34. The van der Waals surface area contributed by atoms with E-state index in [0.29, 0.717) is 23.3 Å². The number of carboxylic acid groups (broad SMARTS) is 1.